The van der Waals surface area contributed by atoms with E-state index in [0.717, 1.165) is 18.9 Å². The average Bonchev–Trinajstić information content (AvgIpc) is 2.99. The van der Waals surface area contributed by atoms with Crippen LogP contribution in [-0.2, 0) is 27.0 Å². The van der Waals surface area contributed by atoms with Crippen molar-refractivity contribution in [3.05, 3.63) is 45.7 Å². The summed E-state index contributed by atoms with van der Waals surface area (Å²) in [6.07, 6.45) is -4.96. The van der Waals surface area contributed by atoms with E-state index in [4.69, 9.17) is 11.6 Å². The molecule has 30 heavy (non-hydrogen) atoms. The zero-order valence-electron chi connectivity index (χ0n) is 16.1. The number of carbonyl (C=O) groups is 3. The van der Waals surface area contributed by atoms with Crippen LogP contribution in [-0.4, -0.2) is 41.8 Å². The largest absolute Gasteiger partial charge is 0.465 e. The number of alkyl halides is 3. The van der Waals surface area contributed by atoms with E-state index >= 15 is 0 Å². The molecule has 0 spiro atoms. The number of halogens is 4. The number of esters is 2. The Labute approximate surface area is 173 Å². The summed E-state index contributed by atoms with van der Waals surface area (Å²) in [5, 5.41) is 5.35. The number of hydrogen-bond donors (Lipinski definition) is 1. The highest BCUT2D eigenvalue weighted by molar-refractivity contribution is 6.31. The quantitative estimate of drug-likeness (QED) is 0.681. The summed E-state index contributed by atoms with van der Waals surface area (Å²) in [6.45, 7) is 1.18. The van der Waals surface area contributed by atoms with Gasteiger partial charge in [-0.05, 0) is 25.1 Å². The lowest BCUT2D eigenvalue weighted by Crippen LogP contribution is -2.17. The van der Waals surface area contributed by atoms with Crippen LogP contribution in [0.5, 0.6) is 0 Å². The van der Waals surface area contributed by atoms with Crippen LogP contribution in [0.25, 0.3) is 0 Å². The number of benzene rings is 1. The molecule has 8 nitrogen and oxygen atoms in total. The molecule has 162 valence electrons. The maximum absolute atomic E-state index is 12.9. The lowest BCUT2D eigenvalue weighted by molar-refractivity contribution is -0.141. The summed E-state index contributed by atoms with van der Waals surface area (Å²) in [4.78, 5) is 35.8. The van der Waals surface area contributed by atoms with Crippen molar-refractivity contribution in [2.45, 2.75) is 26.1 Å². The van der Waals surface area contributed by atoms with Crippen molar-refractivity contribution in [3.63, 3.8) is 0 Å². The molecule has 0 saturated carbocycles. The topological polar surface area (TPSA) is 99.5 Å². The van der Waals surface area contributed by atoms with E-state index in [1.165, 1.54) is 25.1 Å². The standard InChI is InChI=1S/C18H17ClF3N3O5/c1-9-14(19)15(18(20,21)22)24-25(9)5-4-13(26)23-12-7-10(16(27)29-2)6-11(8-12)17(28)30-3/h6-8H,4-5H2,1-3H3,(H,23,26). The number of aryl methyl sites for hydroxylation is 1. The van der Waals surface area contributed by atoms with Gasteiger partial charge in [-0.15, -0.1) is 0 Å². The Morgan fingerprint density at radius 2 is 1.63 bits per heavy atom. The van der Waals surface area contributed by atoms with Crippen LogP contribution in [0.3, 0.4) is 0 Å². The normalized spacial score (nSPS) is 11.2. The average molecular weight is 448 g/mol. The highest BCUT2D eigenvalue weighted by Gasteiger charge is 2.38. The summed E-state index contributed by atoms with van der Waals surface area (Å²) in [7, 11) is 2.30. The molecule has 1 aromatic carbocycles. The number of carbonyl (C=O) groups excluding carboxylic acids is 3. The molecule has 0 radical (unpaired) electrons. The Morgan fingerprint density at radius 3 is 2.07 bits per heavy atom. The zero-order chi connectivity index (χ0) is 22.6. The van der Waals surface area contributed by atoms with Crippen molar-refractivity contribution < 1.29 is 37.0 Å². The summed E-state index contributed by atoms with van der Waals surface area (Å²) in [5.41, 5.74) is -1.05. The molecule has 2 aromatic rings. The fourth-order valence-electron chi connectivity index (χ4n) is 2.53. The SMILES string of the molecule is COC(=O)c1cc(NC(=O)CCn2nc(C(F)(F)F)c(Cl)c2C)cc(C(=O)OC)c1. The van der Waals surface area contributed by atoms with Gasteiger partial charge >= 0.3 is 18.1 Å². The van der Waals surface area contributed by atoms with Gasteiger partial charge in [-0.25, -0.2) is 9.59 Å². The van der Waals surface area contributed by atoms with Crippen LogP contribution in [0.15, 0.2) is 18.2 Å². The molecule has 0 unspecified atom stereocenters. The number of ether oxygens (including phenoxy) is 2. The minimum Gasteiger partial charge on any atom is -0.465 e. The molecule has 0 bridgehead atoms. The van der Waals surface area contributed by atoms with Gasteiger partial charge in [0.1, 0.15) is 0 Å². The first-order valence-corrected chi connectivity index (χ1v) is 8.77. The molecule has 1 heterocycles. The van der Waals surface area contributed by atoms with Crippen LogP contribution in [0, 0.1) is 6.92 Å². The summed E-state index contributed by atoms with van der Waals surface area (Å²) in [5.74, 6) is -2.07. The number of aromatic nitrogens is 2. The van der Waals surface area contributed by atoms with E-state index in [-0.39, 0.29) is 35.5 Å². The van der Waals surface area contributed by atoms with Gasteiger partial charge in [0.05, 0.1) is 42.6 Å². The Balaban J connectivity index is 2.17. The zero-order valence-corrected chi connectivity index (χ0v) is 16.8. The molecule has 2 rings (SSSR count). The van der Waals surface area contributed by atoms with Crippen molar-refractivity contribution in [3.8, 4) is 0 Å². The number of anilines is 1. The molecule has 1 N–H and O–H groups in total. The van der Waals surface area contributed by atoms with E-state index in [2.05, 4.69) is 19.9 Å². The molecule has 0 atom stereocenters. The van der Waals surface area contributed by atoms with E-state index in [1.807, 2.05) is 0 Å². The minimum absolute atomic E-state index is 0.000205. The second kappa shape index (κ2) is 9.16. The van der Waals surface area contributed by atoms with Gasteiger partial charge in [0.15, 0.2) is 5.69 Å². The van der Waals surface area contributed by atoms with Gasteiger partial charge in [-0.3, -0.25) is 9.48 Å². The fourth-order valence-corrected chi connectivity index (χ4v) is 2.77. The smallest absolute Gasteiger partial charge is 0.436 e. The number of methoxy groups -OCH3 is 2. The van der Waals surface area contributed by atoms with Crippen molar-refractivity contribution in [1.29, 1.82) is 0 Å². The Bertz CT molecular complexity index is 954. The number of rotatable bonds is 6. The molecular weight excluding hydrogens is 431 g/mol. The van der Waals surface area contributed by atoms with Gasteiger partial charge in [0.2, 0.25) is 5.91 Å². The number of nitrogens with zero attached hydrogens (tertiary/aromatic N) is 2. The van der Waals surface area contributed by atoms with Crippen LogP contribution in [0.1, 0.15) is 38.5 Å². The third kappa shape index (κ3) is 5.29. The van der Waals surface area contributed by atoms with E-state index in [9.17, 15) is 27.6 Å². The van der Waals surface area contributed by atoms with E-state index < -0.39 is 34.7 Å². The van der Waals surface area contributed by atoms with E-state index in [0.29, 0.717) is 0 Å². The summed E-state index contributed by atoms with van der Waals surface area (Å²) < 4.78 is 48.8. The van der Waals surface area contributed by atoms with Gasteiger partial charge in [0.25, 0.3) is 0 Å². The van der Waals surface area contributed by atoms with Gasteiger partial charge in [0, 0.05) is 12.1 Å². The molecule has 12 heteroatoms. The molecule has 1 amide bonds. The first-order valence-electron chi connectivity index (χ1n) is 8.39. The summed E-state index contributed by atoms with van der Waals surface area (Å²) >= 11 is 5.67. The maximum Gasteiger partial charge on any atom is 0.436 e. The number of hydrogen-bond acceptors (Lipinski definition) is 6. The van der Waals surface area contributed by atoms with Crippen LogP contribution >= 0.6 is 11.6 Å². The fraction of sp³-hybridized carbons (Fsp3) is 0.333. The number of amides is 1. The molecule has 1 aromatic heterocycles. The Hall–Kier alpha value is -3.08. The molecule has 0 aliphatic carbocycles. The van der Waals surface area contributed by atoms with Gasteiger partial charge in [-0.1, -0.05) is 11.6 Å². The predicted octanol–water partition coefficient (Wildman–Crippen LogP) is 3.47. The lowest BCUT2D eigenvalue weighted by atomic mass is 10.1. The minimum atomic E-state index is -4.71. The van der Waals surface area contributed by atoms with Gasteiger partial charge < -0.3 is 14.8 Å². The molecule has 0 saturated heterocycles. The van der Waals surface area contributed by atoms with Crippen molar-refractivity contribution in [2.24, 2.45) is 0 Å². The third-order valence-electron chi connectivity index (χ3n) is 4.01. The second-order valence-corrected chi connectivity index (χ2v) is 6.43. The Morgan fingerprint density at radius 1 is 1.10 bits per heavy atom. The van der Waals surface area contributed by atoms with Crippen LogP contribution < -0.4 is 5.32 Å². The molecular formula is C18H17ClF3N3O5. The van der Waals surface area contributed by atoms with Crippen molar-refractivity contribution in [2.75, 3.05) is 19.5 Å². The molecule has 0 aliphatic rings. The lowest BCUT2D eigenvalue weighted by Gasteiger charge is -2.10. The number of nitrogens with one attached hydrogen (secondary N) is 1. The van der Waals surface area contributed by atoms with Gasteiger partial charge in [-0.2, -0.15) is 18.3 Å². The van der Waals surface area contributed by atoms with Crippen LogP contribution in [0.2, 0.25) is 5.02 Å². The molecule has 0 fully saturated rings. The highest BCUT2D eigenvalue weighted by atomic mass is 35.5. The van der Waals surface area contributed by atoms with Crippen molar-refractivity contribution in [1.82, 2.24) is 9.78 Å². The maximum atomic E-state index is 12.9. The Kier molecular flexibility index (Phi) is 7.08. The highest BCUT2D eigenvalue weighted by Crippen LogP contribution is 2.35. The monoisotopic (exact) mass is 447 g/mol. The summed E-state index contributed by atoms with van der Waals surface area (Å²) in [6, 6.07) is 3.81. The van der Waals surface area contributed by atoms with E-state index in [1.54, 1.807) is 0 Å². The van der Waals surface area contributed by atoms with Crippen LogP contribution in [0.4, 0.5) is 18.9 Å². The first kappa shape index (κ1) is 23.2. The molecule has 0 aliphatic heterocycles. The third-order valence-corrected chi connectivity index (χ3v) is 4.46. The second-order valence-electron chi connectivity index (χ2n) is 6.05. The van der Waals surface area contributed by atoms with Crippen molar-refractivity contribution >= 4 is 35.1 Å². The predicted molar refractivity (Wildman–Crippen MR) is 99.3 cm³/mol. The first-order chi connectivity index (χ1) is 14.0.